The number of hydroxylamine groups is 1. The van der Waals surface area contributed by atoms with Gasteiger partial charge in [0, 0.05) is 19.2 Å². The van der Waals surface area contributed by atoms with E-state index in [1.807, 2.05) is 0 Å². The van der Waals surface area contributed by atoms with E-state index in [2.05, 4.69) is 5.32 Å². The summed E-state index contributed by atoms with van der Waals surface area (Å²) in [4.78, 5) is 17.1. The van der Waals surface area contributed by atoms with Crippen molar-refractivity contribution in [3.05, 3.63) is 23.8 Å². The number of amides is 1. The fourth-order valence-electron chi connectivity index (χ4n) is 1.83. The quantitative estimate of drug-likeness (QED) is 0.755. The molecule has 1 aromatic carbocycles. The summed E-state index contributed by atoms with van der Waals surface area (Å²) in [5.41, 5.74) is 7.89. The Morgan fingerprint density at radius 2 is 2.29 bits per heavy atom. The molecule has 1 amide bonds. The fourth-order valence-corrected chi connectivity index (χ4v) is 1.83. The van der Waals surface area contributed by atoms with Crippen LogP contribution in [-0.2, 0) is 4.84 Å². The maximum Gasteiger partial charge on any atom is 0.251 e. The molecule has 92 valence electrons. The zero-order valence-electron chi connectivity index (χ0n) is 9.90. The second-order valence-electron chi connectivity index (χ2n) is 4.00. The molecular weight excluding hydrogens is 218 g/mol. The van der Waals surface area contributed by atoms with E-state index in [1.165, 1.54) is 0 Å². The molecule has 1 heterocycles. The average molecular weight is 235 g/mol. The number of hydrogen-bond acceptors (Lipinski definition) is 4. The summed E-state index contributed by atoms with van der Waals surface area (Å²) in [5.74, 6) is -0.122. The van der Waals surface area contributed by atoms with E-state index >= 15 is 0 Å². The van der Waals surface area contributed by atoms with Gasteiger partial charge in [-0.2, -0.15) is 0 Å². The molecule has 0 aromatic heterocycles. The Hall–Kier alpha value is -1.75. The highest BCUT2D eigenvalue weighted by molar-refractivity contribution is 5.96. The van der Waals surface area contributed by atoms with Crippen molar-refractivity contribution in [1.82, 2.24) is 5.32 Å². The molecule has 17 heavy (non-hydrogen) atoms. The van der Waals surface area contributed by atoms with Crippen LogP contribution in [0.3, 0.4) is 0 Å². The van der Waals surface area contributed by atoms with Crippen LogP contribution in [0, 0.1) is 0 Å². The highest BCUT2D eigenvalue weighted by atomic mass is 16.7. The van der Waals surface area contributed by atoms with Gasteiger partial charge in [0.15, 0.2) is 0 Å². The van der Waals surface area contributed by atoms with Gasteiger partial charge in [-0.15, -0.1) is 0 Å². The van der Waals surface area contributed by atoms with Crippen LogP contribution in [0.15, 0.2) is 18.2 Å². The largest absolute Gasteiger partial charge is 0.397 e. The van der Waals surface area contributed by atoms with E-state index < -0.39 is 0 Å². The van der Waals surface area contributed by atoms with Crippen molar-refractivity contribution in [1.29, 1.82) is 0 Å². The minimum atomic E-state index is -0.122. The summed E-state index contributed by atoms with van der Waals surface area (Å²) in [5, 5.41) is 4.36. The Labute approximate surface area is 100 Å². The van der Waals surface area contributed by atoms with Crippen molar-refractivity contribution in [3.63, 3.8) is 0 Å². The highest BCUT2D eigenvalue weighted by Gasteiger charge is 2.16. The molecule has 5 nitrogen and oxygen atoms in total. The number of rotatable bonds is 2. The zero-order valence-corrected chi connectivity index (χ0v) is 9.90. The zero-order chi connectivity index (χ0) is 12.3. The number of nitrogens with one attached hydrogen (secondary N) is 1. The maximum absolute atomic E-state index is 11.5. The molecule has 1 fully saturated rings. The first-order valence-corrected chi connectivity index (χ1v) is 5.74. The van der Waals surface area contributed by atoms with Gasteiger partial charge in [-0.3, -0.25) is 14.7 Å². The predicted octanol–water partition coefficient (Wildman–Crippen LogP) is 1.16. The summed E-state index contributed by atoms with van der Waals surface area (Å²) in [7, 11) is 1.61. The second-order valence-corrected chi connectivity index (χ2v) is 4.00. The normalized spacial score (nSPS) is 15.7. The first-order valence-electron chi connectivity index (χ1n) is 5.74. The molecule has 1 saturated heterocycles. The van der Waals surface area contributed by atoms with Gasteiger partial charge in [-0.05, 0) is 31.0 Å². The number of hydrogen-bond donors (Lipinski definition) is 2. The summed E-state index contributed by atoms with van der Waals surface area (Å²) in [6, 6.07) is 5.21. The van der Waals surface area contributed by atoms with Crippen LogP contribution in [-0.4, -0.2) is 26.1 Å². The lowest BCUT2D eigenvalue weighted by Gasteiger charge is -2.29. The minimum Gasteiger partial charge on any atom is -0.397 e. The molecule has 1 aliphatic heterocycles. The molecule has 0 bridgehead atoms. The first kappa shape index (κ1) is 11.7. The molecule has 1 aromatic rings. The standard InChI is InChI=1S/C12H17N3O2/c1-14-12(16)9-4-5-10(13)11(8-9)15-6-2-3-7-17-15/h4-5,8H,2-3,6-7,13H2,1H3,(H,14,16). The average Bonchev–Trinajstić information content (AvgIpc) is 2.39. The number of benzene rings is 1. The fraction of sp³-hybridized carbons (Fsp3) is 0.417. The van der Waals surface area contributed by atoms with Crippen LogP contribution in [0.5, 0.6) is 0 Å². The molecule has 0 radical (unpaired) electrons. The van der Waals surface area contributed by atoms with Crippen molar-refractivity contribution >= 4 is 17.3 Å². The molecule has 0 unspecified atom stereocenters. The molecule has 0 spiro atoms. The Kier molecular flexibility index (Phi) is 3.49. The van der Waals surface area contributed by atoms with Crippen LogP contribution in [0.4, 0.5) is 11.4 Å². The lowest BCUT2D eigenvalue weighted by molar-refractivity contribution is 0.0780. The molecule has 1 aliphatic rings. The van der Waals surface area contributed by atoms with Crippen molar-refractivity contribution < 1.29 is 9.63 Å². The number of anilines is 2. The van der Waals surface area contributed by atoms with Crippen molar-refractivity contribution in [2.24, 2.45) is 0 Å². The topological polar surface area (TPSA) is 67.6 Å². The molecule has 2 rings (SSSR count). The van der Waals surface area contributed by atoms with E-state index in [4.69, 9.17) is 10.6 Å². The van der Waals surface area contributed by atoms with Crippen molar-refractivity contribution in [2.45, 2.75) is 12.8 Å². The molecule has 3 N–H and O–H groups in total. The van der Waals surface area contributed by atoms with Gasteiger partial charge in [0.25, 0.3) is 5.91 Å². The monoisotopic (exact) mass is 235 g/mol. The van der Waals surface area contributed by atoms with Crippen molar-refractivity contribution in [2.75, 3.05) is 31.0 Å². The second kappa shape index (κ2) is 5.05. The molecule has 0 saturated carbocycles. The number of carbonyl (C=O) groups is 1. The van der Waals surface area contributed by atoms with Gasteiger partial charge in [0.2, 0.25) is 0 Å². The summed E-state index contributed by atoms with van der Waals surface area (Å²) in [6.07, 6.45) is 2.13. The van der Waals surface area contributed by atoms with Crippen LogP contribution >= 0.6 is 0 Å². The van der Waals surface area contributed by atoms with Gasteiger partial charge in [-0.25, -0.2) is 0 Å². The lowest BCUT2D eigenvalue weighted by atomic mass is 10.1. The van der Waals surface area contributed by atoms with Crippen molar-refractivity contribution in [3.8, 4) is 0 Å². The van der Waals surface area contributed by atoms with Crippen LogP contribution in [0.25, 0.3) is 0 Å². The number of nitrogens with two attached hydrogens (primary N) is 1. The first-order chi connectivity index (χ1) is 8.22. The number of carbonyl (C=O) groups excluding carboxylic acids is 1. The smallest absolute Gasteiger partial charge is 0.251 e. The molecule has 0 atom stereocenters. The Balaban J connectivity index is 2.28. The van der Waals surface area contributed by atoms with E-state index in [-0.39, 0.29) is 5.91 Å². The maximum atomic E-state index is 11.5. The van der Waals surface area contributed by atoms with Gasteiger partial charge < -0.3 is 11.1 Å². The Bertz CT molecular complexity index is 414. The number of nitrogen functional groups attached to an aromatic ring is 1. The van der Waals surface area contributed by atoms with E-state index in [0.29, 0.717) is 17.9 Å². The molecule has 5 heteroatoms. The summed E-state index contributed by atoms with van der Waals surface area (Å²) in [6.45, 7) is 1.50. The third-order valence-electron chi connectivity index (χ3n) is 2.79. The van der Waals surface area contributed by atoms with Crippen LogP contribution in [0.1, 0.15) is 23.2 Å². The molecule has 0 aliphatic carbocycles. The van der Waals surface area contributed by atoms with E-state index in [0.717, 1.165) is 25.1 Å². The van der Waals surface area contributed by atoms with Gasteiger partial charge in [0.05, 0.1) is 18.0 Å². The van der Waals surface area contributed by atoms with E-state index in [9.17, 15) is 4.79 Å². The minimum absolute atomic E-state index is 0.122. The summed E-state index contributed by atoms with van der Waals surface area (Å²) < 4.78 is 0. The third kappa shape index (κ3) is 2.50. The van der Waals surface area contributed by atoms with Crippen LogP contribution < -0.4 is 16.1 Å². The van der Waals surface area contributed by atoms with E-state index in [1.54, 1.807) is 30.3 Å². The molecular formula is C12H17N3O2. The predicted molar refractivity (Wildman–Crippen MR) is 66.8 cm³/mol. The Morgan fingerprint density at radius 1 is 1.47 bits per heavy atom. The Morgan fingerprint density at radius 3 is 2.94 bits per heavy atom. The van der Waals surface area contributed by atoms with Gasteiger partial charge >= 0.3 is 0 Å². The third-order valence-corrected chi connectivity index (χ3v) is 2.79. The number of nitrogens with zero attached hydrogens (tertiary/aromatic N) is 1. The summed E-state index contributed by atoms with van der Waals surface area (Å²) >= 11 is 0. The van der Waals surface area contributed by atoms with Gasteiger partial charge in [-0.1, -0.05) is 0 Å². The van der Waals surface area contributed by atoms with Crippen LogP contribution in [0.2, 0.25) is 0 Å². The highest BCUT2D eigenvalue weighted by Crippen LogP contribution is 2.27. The SMILES string of the molecule is CNC(=O)c1ccc(N)c(N2CCCCO2)c1. The lowest BCUT2D eigenvalue weighted by Crippen LogP contribution is -2.30. The van der Waals surface area contributed by atoms with Gasteiger partial charge in [0.1, 0.15) is 0 Å².